The van der Waals surface area contributed by atoms with Crippen LogP contribution in [0.2, 0.25) is 0 Å². The zero-order valence-electron chi connectivity index (χ0n) is 7.73. The van der Waals surface area contributed by atoms with E-state index in [4.69, 9.17) is 4.74 Å². The molecule has 1 saturated heterocycles. The minimum atomic E-state index is -0.951. The highest BCUT2D eigenvalue weighted by atomic mass is 16.5. The Hall–Kier alpha value is -0.650. The molecular weight excluding hydrogens is 174 g/mol. The molecule has 4 atom stereocenters. The minimum Gasteiger partial charge on any atom is -0.388 e. The highest BCUT2D eigenvalue weighted by molar-refractivity contribution is 5.73. The zero-order chi connectivity index (χ0) is 10.0. The van der Waals surface area contributed by atoms with Crippen molar-refractivity contribution >= 4 is 5.91 Å². The summed E-state index contributed by atoms with van der Waals surface area (Å²) in [6.45, 7) is 3.27. The summed E-state index contributed by atoms with van der Waals surface area (Å²) in [4.78, 5) is 10.7. The molecule has 0 unspecified atom stereocenters. The Morgan fingerprint density at radius 3 is 2.62 bits per heavy atom. The number of ether oxygens (including phenoxy) is 1. The third kappa shape index (κ3) is 2.40. The number of aliphatic hydroxyl groups excluding tert-OH is 2. The van der Waals surface area contributed by atoms with Crippen LogP contribution in [0.1, 0.15) is 13.8 Å². The van der Waals surface area contributed by atoms with E-state index in [2.05, 4.69) is 5.32 Å². The van der Waals surface area contributed by atoms with Crippen LogP contribution in [0.4, 0.5) is 0 Å². The molecule has 1 rings (SSSR count). The molecule has 1 amide bonds. The third-order valence-corrected chi connectivity index (χ3v) is 2.17. The first-order chi connectivity index (χ1) is 6.02. The fourth-order valence-corrected chi connectivity index (χ4v) is 1.36. The van der Waals surface area contributed by atoms with Gasteiger partial charge in [-0.2, -0.15) is 0 Å². The van der Waals surface area contributed by atoms with E-state index in [1.165, 1.54) is 6.92 Å². The van der Waals surface area contributed by atoms with Crippen molar-refractivity contribution in [3.63, 3.8) is 0 Å². The van der Waals surface area contributed by atoms with Crippen molar-refractivity contribution in [3.05, 3.63) is 0 Å². The lowest BCUT2D eigenvalue weighted by atomic mass is 9.99. The van der Waals surface area contributed by atoms with Gasteiger partial charge in [0.05, 0.1) is 18.8 Å². The molecule has 1 heterocycles. The molecule has 0 bridgehead atoms. The van der Waals surface area contributed by atoms with Gasteiger partial charge in [-0.15, -0.1) is 0 Å². The van der Waals surface area contributed by atoms with Crippen LogP contribution in [0, 0.1) is 0 Å². The smallest absolute Gasteiger partial charge is 0.217 e. The first-order valence-electron chi connectivity index (χ1n) is 4.27. The molecule has 0 aromatic heterocycles. The van der Waals surface area contributed by atoms with Crippen molar-refractivity contribution in [1.82, 2.24) is 5.32 Å². The number of aliphatic hydroxyl groups is 2. The summed E-state index contributed by atoms with van der Waals surface area (Å²) in [5.74, 6) is -0.241. The predicted molar refractivity (Wildman–Crippen MR) is 45.0 cm³/mol. The average molecular weight is 189 g/mol. The van der Waals surface area contributed by atoms with Gasteiger partial charge in [0, 0.05) is 6.92 Å². The number of hydrogen-bond acceptors (Lipinski definition) is 4. The van der Waals surface area contributed by atoms with Crippen LogP contribution < -0.4 is 5.32 Å². The molecule has 0 aromatic carbocycles. The van der Waals surface area contributed by atoms with E-state index in [1.807, 2.05) is 0 Å². The molecular formula is C8H15NO4. The Kier molecular flexibility index (Phi) is 3.24. The topological polar surface area (TPSA) is 78.8 Å². The van der Waals surface area contributed by atoms with Crippen LogP contribution in [0.15, 0.2) is 0 Å². The Bertz CT molecular complexity index is 197. The summed E-state index contributed by atoms with van der Waals surface area (Å²) in [7, 11) is 0. The van der Waals surface area contributed by atoms with Gasteiger partial charge in [0.15, 0.2) is 0 Å². The van der Waals surface area contributed by atoms with Gasteiger partial charge in [0.2, 0.25) is 5.91 Å². The molecule has 0 spiro atoms. The summed E-state index contributed by atoms with van der Waals surface area (Å²) in [6.07, 6.45) is -2.28. The van der Waals surface area contributed by atoms with E-state index in [9.17, 15) is 15.0 Å². The Labute approximate surface area is 76.7 Å². The van der Waals surface area contributed by atoms with Gasteiger partial charge in [0.25, 0.3) is 0 Å². The Morgan fingerprint density at radius 1 is 1.46 bits per heavy atom. The first kappa shape index (κ1) is 10.4. The lowest BCUT2D eigenvalue weighted by molar-refractivity contribution is -0.149. The number of hydrogen-bond donors (Lipinski definition) is 3. The van der Waals surface area contributed by atoms with Crippen molar-refractivity contribution in [1.29, 1.82) is 0 Å². The van der Waals surface area contributed by atoms with E-state index in [0.29, 0.717) is 0 Å². The standard InChI is InChI=1S/C8H15NO4/c1-4-7(11)8(12)6(3-13-4)9-5(2)10/h4,6-8,11-12H,3H2,1-2H3,(H,9,10)/t4-,6+,7-,8-/m1/s1. The summed E-state index contributed by atoms with van der Waals surface area (Å²) >= 11 is 0. The van der Waals surface area contributed by atoms with Gasteiger partial charge >= 0.3 is 0 Å². The summed E-state index contributed by atoms with van der Waals surface area (Å²) in [6, 6.07) is -0.510. The van der Waals surface area contributed by atoms with E-state index in [0.717, 1.165) is 0 Å². The Morgan fingerprint density at radius 2 is 2.08 bits per heavy atom. The van der Waals surface area contributed by atoms with E-state index < -0.39 is 18.2 Å². The molecule has 76 valence electrons. The molecule has 0 aromatic rings. The maximum Gasteiger partial charge on any atom is 0.217 e. The van der Waals surface area contributed by atoms with Gasteiger partial charge < -0.3 is 20.3 Å². The van der Waals surface area contributed by atoms with E-state index in [1.54, 1.807) is 6.92 Å². The number of rotatable bonds is 1. The predicted octanol–water partition coefficient (Wildman–Crippen LogP) is -1.37. The SMILES string of the molecule is CC(=O)N[C@H]1CO[C@H](C)[C@@H](O)[C@@H]1O. The highest BCUT2D eigenvalue weighted by Gasteiger charge is 2.36. The van der Waals surface area contributed by atoms with E-state index in [-0.39, 0.29) is 18.6 Å². The van der Waals surface area contributed by atoms with Crippen molar-refractivity contribution in [2.24, 2.45) is 0 Å². The van der Waals surface area contributed by atoms with Crippen LogP contribution >= 0.6 is 0 Å². The van der Waals surface area contributed by atoms with Crippen LogP contribution in [0.25, 0.3) is 0 Å². The maximum atomic E-state index is 10.7. The molecule has 1 fully saturated rings. The lowest BCUT2D eigenvalue weighted by Crippen LogP contribution is -2.58. The summed E-state index contributed by atoms with van der Waals surface area (Å²) in [5.41, 5.74) is 0. The van der Waals surface area contributed by atoms with Gasteiger partial charge in [0.1, 0.15) is 12.2 Å². The molecule has 0 saturated carbocycles. The van der Waals surface area contributed by atoms with Crippen molar-refractivity contribution in [2.45, 2.75) is 38.2 Å². The fraction of sp³-hybridized carbons (Fsp3) is 0.875. The second-order valence-electron chi connectivity index (χ2n) is 3.33. The monoisotopic (exact) mass is 189 g/mol. The Balaban J connectivity index is 2.53. The maximum absolute atomic E-state index is 10.7. The highest BCUT2D eigenvalue weighted by Crippen LogP contribution is 2.14. The van der Waals surface area contributed by atoms with Crippen molar-refractivity contribution in [2.75, 3.05) is 6.61 Å². The largest absolute Gasteiger partial charge is 0.388 e. The van der Waals surface area contributed by atoms with Crippen LogP contribution in [-0.2, 0) is 9.53 Å². The molecule has 13 heavy (non-hydrogen) atoms. The summed E-state index contributed by atoms with van der Waals surface area (Å²) < 4.78 is 5.15. The molecule has 1 aliphatic heterocycles. The van der Waals surface area contributed by atoms with Gasteiger partial charge in [-0.3, -0.25) is 4.79 Å². The average Bonchev–Trinajstić information content (AvgIpc) is 2.06. The van der Waals surface area contributed by atoms with Crippen LogP contribution in [0.3, 0.4) is 0 Å². The fourth-order valence-electron chi connectivity index (χ4n) is 1.36. The molecule has 0 aliphatic carbocycles. The third-order valence-electron chi connectivity index (χ3n) is 2.17. The molecule has 0 radical (unpaired) electrons. The van der Waals surface area contributed by atoms with Gasteiger partial charge in [-0.05, 0) is 6.92 Å². The second-order valence-corrected chi connectivity index (χ2v) is 3.33. The number of carbonyl (C=O) groups is 1. The number of carbonyl (C=O) groups excluding carboxylic acids is 1. The van der Waals surface area contributed by atoms with Crippen molar-refractivity contribution < 1.29 is 19.7 Å². The second kappa shape index (κ2) is 4.04. The van der Waals surface area contributed by atoms with Gasteiger partial charge in [-0.1, -0.05) is 0 Å². The molecule has 5 heteroatoms. The van der Waals surface area contributed by atoms with Crippen molar-refractivity contribution in [3.8, 4) is 0 Å². The van der Waals surface area contributed by atoms with E-state index >= 15 is 0 Å². The van der Waals surface area contributed by atoms with Crippen LogP contribution in [0.5, 0.6) is 0 Å². The van der Waals surface area contributed by atoms with Gasteiger partial charge in [-0.25, -0.2) is 0 Å². The number of amides is 1. The quantitative estimate of drug-likeness (QED) is 0.475. The normalized spacial score (nSPS) is 40.0. The minimum absolute atomic E-state index is 0.235. The molecule has 3 N–H and O–H groups in total. The molecule has 5 nitrogen and oxygen atoms in total. The zero-order valence-corrected chi connectivity index (χ0v) is 7.73. The first-order valence-corrected chi connectivity index (χ1v) is 4.27. The number of nitrogens with one attached hydrogen (secondary N) is 1. The lowest BCUT2D eigenvalue weighted by Gasteiger charge is -2.36. The molecule has 1 aliphatic rings. The summed E-state index contributed by atoms with van der Waals surface area (Å²) in [5, 5.41) is 21.4. The van der Waals surface area contributed by atoms with Crippen LogP contribution in [-0.4, -0.2) is 47.1 Å².